The van der Waals surface area contributed by atoms with Crippen molar-refractivity contribution < 1.29 is 14.1 Å². The Balaban J connectivity index is 1.65. The molecule has 1 amide bonds. The molecule has 2 fully saturated rings. The number of ether oxygens (including phenoxy) is 1. The molecule has 1 aromatic rings. The summed E-state index contributed by atoms with van der Waals surface area (Å²) < 4.78 is 10.5. The van der Waals surface area contributed by atoms with Gasteiger partial charge in [-0.05, 0) is 12.8 Å². The molecule has 17 heavy (non-hydrogen) atoms. The first-order valence-corrected chi connectivity index (χ1v) is 6.01. The molecule has 0 N–H and O–H groups in total. The van der Waals surface area contributed by atoms with Gasteiger partial charge in [0.15, 0.2) is 5.82 Å². The monoisotopic (exact) mass is 237 g/mol. The van der Waals surface area contributed by atoms with Gasteiger partial charge in [-0.25, -0.2) is 0 Å². The largest absolute Gasteiger partial charge is 0.381 e. The van der Waals surface area contributed by atoms with Crippen LogP contribution in [0.4, 0.5) is 0 Å². The highest BCUT2D eigenvalue weighted by Crippen LogP contribution is 2.23. The van der Waals surface area contributed by atoms with E-state index in [2.05, 4.69) is 10.1 Å². The van der Waals surface area contributed by atoms with Crippen molar-refractivity contribution >= 4 is 5.91 Å². The second-order valence-corrected chi connectivity index (χ2v) is 4.53. The van der Waals surface area contributed by atoms with Gasteiger partial charge in [-0.3, -0.25) is 4.79 Å². The first-order chi connectivity index (χ1) is 8.33. The topological polar surface area (TPSA) is 68.5 Å². The lowest BCUT2D eigenvalue weighted by Crippen LogP contribution is -2.24. The fourth-order valence-electron chi connectivity index (χ4n) is 2.27. The Bertz CT molecular complexity index is 412. The molecular weight excluding hydrogens is 222 g/mol. The lowest BCUT2D eigenvalue weighted by atomic mass is 10.1. The van der Waals surface area contributed by atoms with Gasteiger partial charge in [-0.15, -0.1) is 0 Å². The van der Waals surface area contributed by atoms with E-state index in [0.717, 1.165) is 26.0 Å². The molecule has 0 unspecified atom stereocenters. The summed E-state index contributed by atoms with van der Waals surface area (Å²) in [5.41, 5.74) is 0. The van der Waals surface area contributed by atoms with E-state index >= 15 is 0 Å². The highest BCUT2D eigenvalue weighted by molar-refractivity contribution is 5.77. The van der Waals surface area contributed by atoms with E-state index in [1.165, 1.54) is 0 Å². The summed E-state index contributed by atoms with van der Waals surface area (Å²) in [4.78, 5) is 17.6. The minimum absolute atomic E-state index is 0.175. The van der Waals surface area contributed by atoms with Crippen LogP contribution in [-0.4, -0.2) is 40.7 Å². The molecule has 1 aromatic heterocycles. The van der Waals surface area contributed by atoms with Gasteiger partial charge in [0.25, 0.3) is 0 Å². The van der Waals surface area contributed by atoms with Gasteiger partial charge in [-0.2, -0.15) is 4.98 Å². The highest BCUT2D eigenvalue weighted by atomic mass is 16.5. The zero-order valence-electron chi connectivity index (χ0n) is 9.59. The molecular formula is C11H15N3O3. The number of nitrogens with zero attached hydrogens (tertiary/aromatic N) is 3. The number of hydrogen-bond donors (Lipinski definition) is 0. The molecule has 92 valence electrons. The molecule has 0 aromatic carbocycles. The molecule has 2 saturated heterocycles. The number of carbonyl (C=O) groups is 1. The molecule has 0 bridgehead atoms. The second-order valence-electron chi connectivity index (χ2n) is 4.53. The van der Waals surface area contributed by atoms with E-state index in [1.54, 1.807) is 4.90 Å². The Morgan fingerprint density at radius 3 is 3.12 bits per heavy atom. The first kappa shape index (κ1) is 10.7. The van der Waals surface area contributed by atoms with Gasteiger partial charge in [-0.1, -0.05) is 5.16 Å². The maximum atomic E-state index is 11.5. The van der Waals surface area contributed by atoms with Crippen LogP contribution >= 0.6 is 0 Å². The normalized spacial score (nSPS) is 24.8. The molecule has 3 rings (SSSR count). The average Bonchev–Trinajstić information content (AvgIpc) is 3.02. The molecule has 3 heterocycles. The third-order valence-corrected chi connectivity index (χ3v) is 3.28. The van der Waals surface area contributed by atoms with E-state index in [4.69, 9.17) is 9.26 Å². The third kappa shape index (κ3) is 2.17. The SMILES string of the molecule is O=C1CCCN1Cc1nc([C@H]2CCOC2)no1. The summed E-state index contributed by atoms with van der Waals surface area (Å²) >= 11 is 0. The van der Waals surface area contributed by atoms with E-state index in [1.807, 2.05) is 0 Å². The van der Waals surface area contributed by atoms with Crippen LogP contribution in [0.2, 0.25) is 0 Å². The fraction of sp³-hybridized carbons (Fsp3) is 0.727. The van der Waals surface area contributed by atoms with Gasteiger partial charge in [0.2, 0.25) is 11.8 Å². The molecule has 0 radical (unpaired) electrons. The van der Waals surface area contributed by atoms with E-state index in [0.29, 0.717) is 31.3 Å². The maximum absolute atomic E-state index is 11.5. The number of amides is 1. The van der Waals surface area contributed by atoms with Crippen LogP contribution in [0.25, 0.3) is 0 Å². The molecule has 2 aliphatic rings. The standard InChI is InChI=1S/C11H15N3O3/c15-10-2-1-4-14(10)6-9-12-11(13-17-9)8-3-5-16-7-8/h8H,1-7H2/t8-/m0/s1. The maximum Gasteiger partial charge on any atom is 0.246 e. The second kappa shape index (κ2) is 4.44. The Labute approximate surface area is 98.9 Å². The summed E-state index contributed by atoms with van der Waals surface area (Å²) in [7, 11) is 0. The van der Waals surface area contributed by atoms with Crippen LogP contribution in [0, 0.1) is 0 Å². The minimum atomic E-state index is 0.175. The van der Waals surface area contributed by atoms with Crippen molar-refractivity contribution in [2.75, 3.05) is 19.8 Å². The Kier molecular flexibility index (Phi) is 2.80. The number of aromatic nitrogens is 2. The van der Waals surface area contributed by atoms with Crippen LogP contribution in [0.5, 0.6) is 0 Å². The van der Waals surface area contributed by atoms with E-state index in [9.17, 15) is 4.79 Å². The molecule has 0 spiro atoms. The lowest BCUT2D eigenvalue weighted by Gasteiger charge is -2.11. The predicted molar refractivity (Wildman–Crippen MR) is 57.1 cm³/mol. The summed E-state index contributed by atoms with van der Waals surface area (Å²) in [5, 5.41) is 3.96. The zero-order valence-corrected chi connectivity index (χ0v) is 9.59. The predicted octanol–water partition coefficient (Wildman–Crippen LogP) is 0.696. The van der Waals surface area contributed by atoms with Crippen molar-refractivity contribution in [1.29, 1.82) is 0 Å². The van der Waals surface area contributed by atoms with E-state index < -0.39 is 0 Å². The van der Waals surface area contributed by atoms with Gasteiger partial charge >= 0.3 is 0 Å². The van der Waals surface area contributed by atoms with Crippen molar-refractivity contribution in [2.45, 2.75) is 31.7 Å². The minimum Gasteiger partial charge on any atom is -0.381 e. The van der Waals surface area contributed by atoms with Gasteiger partial charge in [0, 0.05) is 25.5 Å². The Morgan fingerprint density at radius 1 is 1.47 bits per heavy atom. The van der Waals surface area contributed by atoms with Crippen LogP contribution < -0.4 is 0 Å². The molecule has 0 saturated carbocycles. The smallest absolute Gasteiger partial charge is 0.246 e. The van der Waals surface area contributed by atoms with Crippen molar-refractivity contribution in [3.63, 3.8) is 0 Å². The quantitative estimate of drug-likeness (QED) is 0.773. The molecule has 2 aliphatic heterocycles. The summed E-state index contributed by atoms with van der Waals surface area (Å²) in [6, 6.07) is 0. The number of rotatable bonds is 3. The van der Waals surface area contributed by atoms with Crippen molar-refractivity contribution in [1.82, 2.24) is 15.0 Å². The molecule has 6 nitrogen and oxygen atoms in total. The Morgan fingerprint density at radius 2 is 2.41 bits per heavy atom. The highest BCUT2D eigenvalue weighted by Gasteiger charge is 2.25. The molecule has 6 heteroatoms. The van der Waals surface area contributed by atoms with Gasteiger partial charge < -0.3 is 14.2 Å². The van der Waals surface area contributed by atoms with Crippen molar-refractivity contribution in [2.24, 2.45) is 0 Å². The summed E-state index contributed by atoms with van der Waals surface area (Å²) in [5.74, 6) is 1.67. The van der Waals surface area contributed by atoms with Crippen LogP contribution in [0.1, 0.15) is 36.9 Å². The fourth-order valence-corrected chi connectivity index (χ4v) is 2.27. The third-order valence-electron chi connectivity index (χ3n) is 3.28. The summed E-state index contributed by atoms with van der Waals surface area (Å²) in [6.07, 6.45) is 2.51. The van der Waals surface area contributed by atoms with Crippen LogP contribution in [0.15, 0.2) is 4.52 Å². The zero-order chi connectivity index (χ0) is 11.7. The van der Waals surface area contributed by atoms with Crippen LogP contribution in [-0.2, 0) is 16.1 Å². The van der Waals surface area contributed by atoms with Gasteiger partial charge in [0.1, 0.15) is 0 Å². The number of hydrogen-bond acceptors (Lipinski definition) is 5. The molecule has 1 atom stereocenters. The number of likely N-dealkylation sites (tertiary alicyclic amines) is 1. The Hall–Kier alpha value is -1.43. The van der Waals surface area contributed by atoms with Crippen molar-refractivity contribution in [3.8, 4) is 0 Å². The summed E-state index contributed by atoms with van der Waals surface area (Å²) in [6.45, 7) is 2.67. The average molecular weight is 237 g/mol. The number of carbonyl (C=O) groups excluding carboxylic acids is 1. The lowest BCUT2D eigenvalue weighted by molar-refractivity contribution is -0.128. The van der Waals surface area contributed by atoms with Crippen LogP contribution in [0.3, 0.4) is 0 Å². The van der Waals surface area contributed by atoms with Gasteiger partial charge in [0.05, 0.1) is 13.2 Å². The van der Waals surface area contributed by atoms with E-state index in [-0.39, 0.29) is 11.8 Å². The van der Waals surface area contributed by atoms with Crippen molar-refractivity contribution in [3.05, 3.63) is 11.7 Å². The molecule has 0 aliphatic carbocycles. The first-order valence-electron chi connectivity index (χ1n) is 6.01.